The molecule has 0 rings (SSSR count). The number of unbranched alkanes of at least 4 members (excludes halogenated alkanes) is 14. The van der Waals surface area contributed by atoms with Gasteiger partial charge in [-0.1, -0.05) is 0 Å². The van der Waals surface area contributed by atoms with E-state index in [0.29, 0.717) is 12.8 Å². The number of thiocarbonyl (C=S) groups is 2. The van der Waals surface area contributed by atoms with Gasteiger partial charge in [0, 0.05) is 0 Å². The third kappa shape index (κ3) is 38.2. The number of hydrogen-bond acceptors (Lipinski definition) is 2. The molecule has 192 valence electrons. The molecular formula is C26H54As2O2S2. The molecular weight excluding hydrogens is 558 g/mol. The quantitative estimate of drug-likeness (QED) is 0.0725. The Morgan fingerprint density at radius 3 is 0.875 bits per heavy atom. The summed E-state index contributed by atoms with van der Waals surface area (Å²) < 4.78 is 0. The van der Waals surface area contributed by atoms with E-state index in [0.717, 1.165) is 12.8 Å². The van der Waals surface area contributed by atoms with Crippen molar-refractivity contribution < 1.29 is 10.2 Å². The molecule has 0 aromatic carbocycles. The average molecular weight is 613 g/mol. The maximum absolute atomic E-state index is 8.83. The summed E-state index contributed by atoms with van der Waals surface area (Å²) >= 11 is 8.55. The van der Waals surface area contributed by atoms with Gasteiger partial charge in [0.25, 0.3) is 0 Å². The van der Waals surface area contributed by atoms with Crippen molar-refractivity contribution in [3.05, 3.63) is 0 Å². The van der Waals surface area contributed by atoms with Crippen molar-refractivity contribution in [1.29, 1.82) is 0 Å². The molecule has 2 nitrogen and oxygen atoms in total. The Morgan fingerprint density at radius 2 is 0.656 bits per heavy atom. The van der Waals surface area contributed by atoms with E-state index in [1.807, 2.05) is 0 Å². The van der Waals surface area contributed by atoms with Crippen LogP contribution in [0.5, 0.6) is 0 Å². The zero-order valence-corrected chi connectivity index (χ0v) is 27.1. The second kappa shape index (κ2) is 28.1. The summed E-state index contributed by atoms with van der Waals surface area (Å²) in [5, 5.41) is 21.1. The fraction of sp³-hybridized carbons (Fsp3) is 0.923. The third-order valence-corrected chi connectivity index (χ3v) is 11.0. The van der Waals surface area contributed by atoms with Gasteiger partial charge in [0.05, 0.1) is 0 Å². The van der Waals surface area contributed by atoms with E-state index < -0.39 is 0 Å². The van der Waals surface area contributed by atoms with Crippen molar-refractivity contribution in [1.82, 2.24) is 0 Å². The van der Waals surface area contributed by atoms with Crippen molar-refractivity contribution in [2.45, 2.75) is 149 Å². The standard InChI is InChI=1S/2C13H27AsOS/c2*1-14(2)12-10-8-6-4-3-5-7-9-11-13(15)16/h2*3-12H2,1-2H3,(H,15,16). The number of aliphatic hydroxyl groups is 2. The number of hydrogen-bond donors (Lipinski definition) is 2. The molecule has 0 fully saturated rings. The summed E-state index contributed by atoms with van der Waals surface area (Å²) in [5.41, 5.74) is 9.77. The van der Waals surface area contributed by atoms with Gasteiger partial charge in [-0.3, -0.25) is 0 Å². The molecule has 0 aliphatic rings. The molecule has 0 aromatic heterocycles. The molecule has 0 aliphatic heterocycles. The molecule has 0 saturated carbocycles. The molecule has 0 atom stereocenters. The van der Waals surface area contributed by atoms with Crippen LogP contribution in [0.15, 0.2) is 0 Å². The molecule has 0 spiro atoms. The van der Waals surface area contributed by atoms with Crippen LogP contribution in [0.1, 0.15) is 116 Å². The molecule has 2 N–H and O–H groups in total. The Hall–Kier alpha value is 0.897. The van der Waals surface area contributed by atoms with Gasteiger partial charge >= 0.3 is 223 Å². The Balaban J connectivity index is 0. The Labute approximate surface area is 221 Å². The summed E-state index contributed by atoms with van der Waals surface area (Å²) in [4.78, 5) is 0. The molecule has 0 aliphatic carbocycles. The van der Waals surface area contributed by atoms with Crippen LogP contribution in [0.2, 0.25) is 33.3 Å². The topological polar surface area (TPSA) is 40.5 Å². The van der Waals surface area contributed by atoms with Gasteiger partial charge in [-0.25, -0.2) is 0 Å². The molecule has 0 amide bonds. The Morgan fingerprint density at radius 1 is 0.438 bits per heavy atom. The van der Waals surface area contributed by atoms with E-state index in [-0.39, 0.29) is 39.4 Å². The van der Waals surface area contributed by atoms with Gasteiger partial charge in [0.2, 0.25) is 0 Å². The minimum atomic E-state index is -0.348. The summed E-state index contributed by atoms with van der Waals surface area (Å²) in [6.45, 7) is 0. The zero-order chi connectivity index (χ0) is 24.5. The van der Waals surface area contributed by atoms with Gasteiger partial charge in [-0.05, 0) is 0 Å². The summed E-state index contributed by atoms with van der Waals surface area (Å²) in [7, 11) is 0. The van der Waals surface area contributed by atoms with Gasteiger partial charge in [0.1, 0.15) is 0 Å². The van der Waals surface area contributed by atoms with Gasteiger partial charge in [-0.2, -0.15) is 0 Å². The Kier molecular flexibility index (Phi) is 30.8. The van der Waals surface area contributed by atoms with Crippen LogP contribution in [0.25, 0.3) is 0 Å². The maximum atomic E-state index is 8.83. The monoisotopic (exact) mass is 612 g/mol. The van der Waals surface area contributed by atoms with Crippen LogP contribution in [0, 0.1) is 0 Å². The van der Waals surface area contributed by atoms with Crippen LogP contribution in [0.4, 0.5) is 0 Å². The molecule has 6 heteroatoms. The van der Waals surface area contributed by atoms with E-state index in [1.165, 1.54) is 100 Å². The number of aliphatic hydroxyl groups excluding tert-OH is 2. The SMILES string of the molecule is C[As](C)CCCCCCCCCCC(O)=S.C[As](C)CCCCCCCCCCC(O)=S. The third-order valence-electron chi connectivity index (χ3n) is 5.49. The molecule has 0 bridgehead atoms. The molecule has 0 heterocycles. The summed E-state index contributed by atoms with van der Waals surface area (Å²) in [6.07, 6.45) is 22.8. The van der Waals surface area contributed by atoms with Crippen LogP contribution >= 0.6 is 24.4 Å². The first kappa shape index (κ1) is 35.1. The van der Waals surface area contributed by atoms with E-state index in [1.54, 1.807) is 0 Å². The van der Waals surface area contributed by atoms with E-state index in [4.69, 9.17) is 10.2 Å². The molecule has 0 unspecified atom stereocenters. The molecule has 0 saturated heterocycles. The van der Waals surface area contributed by atoms with Gasteiger partial charge in [0.15, 0.2) is 0 Å². The molecule has 0 radical (unpaired) electrons. The van der Waals surface area contributed by atoms with Crippen LogP contribution in [0.3, 0.4) is 0 Å². The number of rotatable bonds is 22. The molecule has 0 aromatic rings. The summed E-state index contributed by atoms with van der Waals surface area (Å²) in [5.74, 6) is 0. The normalized spacial score (nSPS) is 10.9. The van der Waals surface area contributed by atoms with Crippen molar-refractivity contribution in [2.24, 2.45) is 0 Å². The first-order valence-corrected chi connectivity index (χ1v) is 24.0. The average Bonchev–Trinajstić information content (AvgIpc) is 2.70. The van der Waals surface area contributed by atoms with Crippen molar-refractivity contribution in [3.8, 4) is 0 Å². The Bertz CT molecular complexity index is 381. The van der Waals surface area contributed by atoms with Crippen molar-refractivity contribution in [2.75, 3.05) is 0 Å². The van der Waals surface area contributed by atoms with E-state index >= 15 is 0 Å². The molecule has 32 heavy (non-hydrogen) atoms. The van der Waals surface area contributed by atoms with Gasteiger partial charge in [-0.15, -0.1) is 0 Å². The van der Waals surface area contributed by atoms with Crippen LogP contribution in [-0.4, -0.2) is 49.6 Å². The first-order valence-electron chi connectivity index (χ1n) is 13.0. The zero-order valence-electron chi connectivity index (χ0n) is 21.7. The second-order valence-corrected chi connectivity index (χ2v) is 21.4. The van der Waals surface area contributed by atoms with Crippen LogP contribution < -0.4 is 0 Å². The van der Waals surface area contributed by atoms with Crippen molar-refractivity contribution in [3.63, 3.8) is 0 Å². The predicted octanol–water partition coefficient (Wildman–Crippen LogP) is 10.3. The van der Waals surface area contributed by atoms with Crippen LogP contribution in [-0.2, 0) is 0 Å². The fourth-order valence-corrected chi connectivity index (χ4v) is 7.41. The van der Waals surface area contributed by atoms with E-state index in [2.05, 4.69) is 47.3 Å². The fourth-order valence-electron chi connectivity index (χ4n) is 3.53. The first-order chi connectivity index (χ1) is 15.3. The summed E-state index contributed by atoms with van der Waals surface area (Å²) in [6, 6.07) is 0. The van der Waals surface area contributed by atoms with Crippen molar-refractivity contribution >= 4 is 63.8 Å². The predicted molar refractivity (Wildman–Crippen MR) is 158 cm³/mol. The second-order valence-electron chi connectivity index (χ2n) is 9.55. The van der Waals surface area contributed by atoms with Gasteiger partial charge < -0.3 is 0 Å². The van der Waals surface area contributed by atoms with E-state index in [9.17, 15) is 0 Å². The minimum absolute atomic E-state index is 0.179.